The van der Waals surface area contributed by atoms with Crippen LogP contribution in [0.15, 0.2) is 42.5 Å². The third-order valence-corrected chi connectivity index (χ3v) is 6.17. The van der Waals surface area contributed by atoms with Gasteiger partial charge in [-0.25, -0.2) is 0 Å². The van der Waals surface area contributed by atoms with Gasteiger partial charge in [0.2, 0.25) is 11.8 Å². The zero-order valence-electron chi connectivity index (χ0n) is 18.1. The second kappa shape index (κ2) is 8.50. The molecule has 2 aromatic carbocycles. The minimum Gasteiger partial charge on any atom is -0.497 e. The van der Waals surface area contributed by atoms with Gasteiger partial charge in [-0.3, -0.25) is 9.59 Å². The van der Waals surface area contributed by atoms with Crippen molar-refractivity contribution < 1.29 is 14.3 Å². The summed E-state index contributed by atoms with van der Waals surface area (Å²) < 4.78 is 5.36. The van der Waals surface area contributed by atoms with E-state index in [2.05, 4.69) is 18.2 Å². The number of carbonyl (C=O) groups is 2. The number of carbonyl (C=O) groups excluding carboxylic acids is 2. The number of amides is 2. The molecule has 0 N–H and O–H groups in total. The number of hydrogen-bond acceptors (Lipinski definition) is 3. The van der Waals surface area contributed by atoms with Gasteiger partial charge < -0.3 is 14.5 Å². The Bertz CT molecular complexity index is 953. The molecular formula is C25H30N2O3. The van der Waals surface area contributed by atoms with E-state index in [1.165, 1.54) is 11.1 Å². The fraction of sp³-hybridized carbons (Fsp3) is 0.440. The highest BCUT2D eigenvalue weighted by atomic mass is 16.5. The van der Waals surface area contributed by atoms with Crippen molar-refractivity contribution in [2.24, 2.45) is 5.92 Å². The maximum absolute atomic E-state index is 13.6. The Morgan fingerprint density at radius 2 is 1.80 bits per heavy atom. The first-order valence-corrected chi connectivity index (χ1v) is 10.8. The Kier molecular flexibility index (Phi) is 5.80. The number of nitrogens with zero attached hydrogens (tertiary/aromatic N) is 2. The van der Waals surface area contributed by atoms with Crippen molar-refractivity contribution in [3.05, 3.63) is 64.7 Å². The van der Waals surface area contributed by atoms with E-state index in [0.717, 1.165) is 23.3 Å². The lowest BCUT2D eigenvalue weighted by molar-refractivity contribution is -0.148. The summed E-state index contributed by atoms with van der Waals surface area (Å²) in [4.78, 5) is 30.4. The van der Waals surface area contributed by atoms with Gasteiger partial charge in [-0.1, -0.05) is 44.2 Å². The first-order valence-electron chi connectivity index (χ1n) is 10.8. The zero-order chi connectivity index (χ0) is 21.3. The van der Waals surface area contributed by atoms with Crippen LogP contribution in [0.25, 0.3) is 0 Å². The second-order valence-electron chi connectivity index (χ2n) is 8.75. The fourth-order valence-corrected chi connectivity index (χ4v) is 4.53. The highest BCUT2D eigenvalue weighted by Gasteiger charge is 2.37. The molecule has 2 aromatic rings. The minimum absolute atomic E-state index is 0.0510. The standard InChI is InChI=1S/C25H30N2O3/c1-17(2)12-24(28)27-16-20-7-5-4-6-19(20)14-23(27)25(29)26-11-10-18-8-9-22(30-3)13-21(18)15-26/h4-9,13,17,23H,10-12,14-16H2,1-3H3. The van der Waals surface area contributed by atoms with Crippen LogP contribution >= 0.6 is 0 Å². The van der Waals surface area contributed by atoms with E-state index in [1.54, 1.807) is 7.11 Å². The highest BCUT2D eigenvalue weighted by Crippen LogP contribution is 2.29. The van der Waals surface area contributed by atoms with E-state index in [-0.39, 0.29) is 17.7 Å². The van der Waals surface area contributed by atoms with Gasteiger partial charge in [0.25, 0.3) is 0 Å². The molecule has 158 valence electrons. The fourth-order valence-electron chi connectivity index (χ4n) is 4.53. The molecule has 1 atom stereocenters. The largest absolute Gasteiger partial charge is 0.497 e. The molecule has 0 fully saturated rings. The number of ether oxygens (including phenoxy) is 1. The number of fused-ring (bicyclic) bond motifs is 2. The molecule has 0 bridgehead atoms. The van der Waals surface area contributed by atoms with Crippen molar-refractivity contribution in [1.29, 1.82) is 0 Å². The molecule has 1 unspecified atom stereocenters. The van der Waals surface area contributed by atoms with Gasteiger partial charge in [0, 0.05) is 32.5 Å². The summed E-state index contributed by atoms with van der Waals surface area (Å²) in [5.41, 5.74) is 4.71. The number of methoxy groups -OCH3 is 1. The van der Waals surface area contributed by atoms with Crippen LogP contribution in [0.3, 0.4) is 0 Å². The summed E-state index contributed by atoms with van der Waals surface area (Å²) in [7, 11) is 1.66. The maximum Gasteiger partial charge on any atom is 0.246 e. The van der Waals surface area contributed by atoms with Crippen LogP contribution in [0.1, 0.15) is 42.5 Å². The van der Waals surface area contributed by atoms with Crippen LogP contribution in [-0.4, -0.2) is 41.3 Å². The summed E-state index contributed by atoms with van der Waals surface area (Å²) in [6, 6.07) is 13.8. The van der Waals surface area contributed by atoms with Crippen LogP contribution in [0.5, 0.6) is 5.75 Å². The van der Waals surface area contributed by atoms with E-state index in [4.69, 9.17) is 4.74 Å². The summed E-state index contributed by atoms with van der Waals surface area (Å²) in [5, 5.41) is 0. The summed E-state index contributed by atoms with van der Waals surface area (Å²) >= 11 is 0. The molecule has 0 aliphatic carbocycles. The van der Waals surface area contributed by atoms with E-state index in [1.807, 2.05) is 47.9 Å². The Balaban J connectivity index is 1.59. The van der Waals surface area contributed by atoms with Crippen molar-refractivity contribution in [1.82, 2.24) is 9.80 Å². The molecule has 2 aliphatic heterocycles. The smallest absolute Gasteiger partial charge is 0.246 e. The normalized spacial score (nSPS) is 18.1. The van der Waals surface area contributed by atoms with E-state index in [0.29, 0.717) is 32.5 Å². The predicted molar refractivity (Wildman–Crippen MR) is 116 cm³/mol. The van der Waals surface area contributed by atoms with E-state index < -0.39 is 6.04 Å². The summed E-state index contributed by atoms with van der Waals surface area (Å²) in [6.45, 7) is 5.85. The average molecular weight is 407 g/mol. The van der Waals surface area contributed by atoms with Crippen molar-refractivity contribution in [2.75, 3.05) is 13.7 Å². The molecule has 0 saturated heterocycles. The van der Waals surface area contributed by atoms with Crippen LogP contribution in [0.2, 0.25) is 0 Å². The van der Waals surface area contributed by atoms with Gasteiger partial charge in [0.1, 0.15) is 11.8 Å². The van der Waals surface area contributed by atoms with Gasteiger partial charge >= 0.3 is 0 Å². The number of hydrogen-bond donors (Lipinski definition) is 0. The van der Waals surface area contributed by atoms with Crippen molar-refractivity contribution >= 4 is 11.8 Å². The number of rotatable bonds is 4. The molecule has 2 amide bonds. The lowest BCUT2D eigenvalue weighted by Crippen LogP contribution is -2.54. The Morgan fingerprint density at radius 3 is 2.53 bits per heavy atom. The molecule has 0 aromatic heterocycles. The van der Waals surface area contributed by atoms with Gasteiger partial charge in [0.05, 0.1) is 7.11 Å². The van der Waals surface area contributed by atoms with Gasteiger partial charge in [0.15, 0.2) is 0 Å². The Hall–Kier alpha value is -2.82. The average Bonchev–Trinajstić information content (AvgIpc) is 2.76. The maximum atomic E-state index is 13.6. The molecule has 2 heterocycles. The number of benzene rings is 2. The van der Waals surface area contributed by atoms with Gasteiger partial charge in [-0.15, -0.1) is 0 Å². The SMILES string of the molecule is COc1ccc2c(c1)CN(C(=O)C1Cc3ccccc3CN1C(=O)CC(C)C)CC2. The first kappa shape index (κ1) is 20.5. The van der Waals surface area contributed by atoms with E-state index in [9.17, 15) is 9.59 Å². The summed E-state index contributed by atoms with van der Waals surface area (Å²) in [5.74, 6) is 1.19. The third-order valence-electron chi connectivity index (χ3n) is 6.17. The second-order valence-corrected chi connectivity index (χ2v) is 8.75. The molecular weight excluding hydrogens is 376 g/mol. The highest BCUT2D eigenvalue weighted by molar-refractivity contribution is 5.89. The molecule has 0 radical (unpaired) electrons. The lowest BCUT2D eigenvalue weighted by Gasteiger charge is -2.40. The quantitative estimate of drug-likeness (QED) is 0.780. The minimum atomic E-state index is -0.432. The lowest BCUT2D eigenvalue weighted by atomic mass is 9.91. The third kappa shape index (κ3) is 4.07. The molecule has 0 spiro atoms. The van der Waals surface area contributed by atoms with Crippen LogP contribution in [0, 0.1) is 5.92 Å². The summed E-state index contributed by atoms with van der Waals surface area (Å²) in [6.07, 6.45) is 1.88. The molecule has 0 saturated carbocycles. The molecule has 5 nitrogen and oxygen atoms in total. The Labute approximate surface area is 178 Å². The van der Waals surface area contributed by atoms with Crippen molar-refractivity contribution in [3.63, 3.8) is 0 Å². The molecule has 2 aliphatic rings. The molecule has 5 heteroatoms. The Morgan fingerprint density at radius 1 is 1.03 bits per heavy atom. The van der Waals surface area contributed by atoms with E-state index >= 15 is 0 Å². The van der Waals surface area contributed by atoms with Crippen molar-refractivity contribution in [3.8, 4) is 5.75 Å². The molecule has 4 rings (SSSR count). The predicted octanol–water partition coefficient (Wildman–Crippen LogP) is 3.58. The van der Waals surface area contributed by atoms with Crippen LogP contribution in [-0.2, 0) is 35.5 Å². The van der Waals surface area contributed by atoms with Gasteiger partial charge in [-0.2, -0.15) is 0 Å². The topological polar surface area (TPSA) is 49.9 Å². The van der Waals surface area contributed by atoms with Crippen LogP contribution in [0.4, 0.5) is 0 Å². The zero-order valence-corrected chi connectivity index (χ0v) is 18.1. The van der Waals surface area contributed by atoms with Gasteiger partial charge in [-0.05, 0) is 46.7 Å². The monoisotopic (exact) mass is 406 g/mol. The van der Waals surface area contributed by atoms with Crippen LogP contribution < -0.4 is 4.74 Å². The first-order chi connectivity index (χ1) is 14.5. The van der Waals surface area contributed by atoms with Crippen molar-refractivity contribution in [2.45, 2.75) is 52.2 Å². The molecule has 30 heavy (non-hydrogen) atoms.